The minimum atomic E-state index is -0.462. The Hall–Kier alpha value is -3.70. The zero-order chi connectivity index (χ0) is 22.4. The number of nitro groups is 1. The summed E-state index contributed by atoms with van der Waals surface area (Å²) < 4.78 is 25.4. The van der Waals surface area contributed by atoms with Crippen LogP contribution < -0.4 is 9.47 Å². The molecule has 3 aromatic carbocycles. The van der Waals surface area contributed by atoms with Gasteiger partial charge >= 0.3 is 0 Å². The number of nitriles is 1. The maximum absolute atomic E-state index is 13.5. The molecule has 0 aliphatic heterocycles. The average molecular weight is 483 g/mol. The fourth-order valence-corrected chi connectivity index (χ4v) is 3.24. The van der Waals surface area contributed by atoms with E-state index in [2.05, 4.69) is 22.0 Å². The molecule has 8 heteroatoms. The van der Waals surface area contributed by atoms with Crippen LogP contribution in [0, 0.1) is 27.3 Å². The normalized spacial score (nSPS) is 11.0. The third-order valence-corrected chi connectivity index (χ3v) is 5.07. The summed E-state index contributed by atoms with van der Waals surface area (Å²) in [5.41, 5.74) is 2.17. The minimum absolute atomic E-state index is 0.00631. The smallest absolute Gasteiger partial charge is 0.269 e. The Kier molecular flexibility index (Phi) is 7.00. The van der Waals surface area contributed by atoms with Crippen molar-refractivity contribution in [3.63, 3.8) is 0 Å². The van der Waals surface area contributed by atoms with Gasteiger partial charge in [0.1, 0.15) is 12.4 Å². The third kappa shape index (κ3) is 5.47. The van der Waals surface area contributed by atoms with E-state index in [0.717, 1.165) is 5.56 Å². The van der Waals surface area contributed by atoms with Gasteiger partial charge in [0.25, 0.3) is 5.69 Å². The number of benzene rings is 3. The molecular formula is C23H16BrFN2O4. The van der Waals surface area contributed by atoms with E-state index in [-0.39, 0.29) is 12.3 Å². The lowest BCUT2D eigenvalue weighted by Crippen LogP contribution is -1.99. The predicted octanol–water partition coefficient (Wildman–Crippen LogP) is 6.15. The van der Waals surface area contributed by atoms with Crippen LogP contribution >= 0.6 is 15.9 Å². The van der Waals surface area contributed by atoms with Crippen LogP contribution in [0.2, 0.25) is 0 Å². The molecule has 0 heterocycles. The Morgan fingerprint density at radius 3 is 2.55 bits per heavy atom. The number of allylic oxidation sites excluding steroid dienone is 1. The second-order valence-electron chi connectivity index (χ2n) is 6.42. The summed E-state index contributed by atoms with van der Waals surface area (Å²) in [6.07, 6.45) is 1.63. The Morgan fingerprint density at radius 2 is 1.94 bits per heavy atom. The van der Waals surface area contributed by atoms with Gasteiger partial charge in [-0.15, -0.1) is 0 Å². The van der Waals surface area contributed by atoms with E-state index in [0.29, 0.717) is 32.7 Å². The molecule has 3 rings (SSSR count). The van der Waals surface area contributed by atoms with Crippen molar-refractivity contribution >= 4 is 33.3 Å². The van der Waals surface area contributed by atoms with Crippen LogP contribution in [-0.4, -0.2) is 12.0 Å². The second kappa shape index (κ2) is 9.87. The van der Waals surface area contributed by atoms with E-state index in [9.17, 15) is 19.8 Å². The van der Waals surface area contributed by atoms with Crippen LogP contribution in [0.1, 0.15) is 16.7 Å². The number of halogens is 2. The van der Waals surface area contributed by atoms with Crippen molar-refractivity contribution in [1.82, 2.24) is 0 Å². The van der Waals surface area contributed by atoms with Crippen LogP contribution in [0.5, 0.6) is 11.5 Å². The summed E-state index contributed by atoms with van der Waals surface area (Å²) in [6.45, 7) is 0.183. The molecule has 0 radical (unpaired) electrons. The van der Waals surface area contributed by atoms with Crippen molar-refractivity contribution < 1.29 is 18.8 Å². The van der Waals surface area contributed by atoms with Gasteiger partial charge in [-0.25, -0.2) is 4.39 Å². The fourth-order valence-electron chi connectivity index (χ4n) is 2.80. The molecule has 0 N–H and O–H groups in total. The number of nitro benzene ring substituents is 1. The molecule has 0 unspecified atom stereocenters. The number of ether oxygens (including phenoxy) is 2. The molecule has 0 atom stereocenters. The number of nitrogens with zero attached hydrogens (tertiary/aromatic N) is 2. The zero-order valence-corrected chi connectivity index (χ0v) is 17.9. The van der Waals surface area contributed by atoms with Crippen molar-refractivity contribution in [3.8, 4) is 17.6 Å². The van der Waals surface area contributed by atoms with Crippen molar-refractivity contribution in [2.75, 3.05) is 7.11 Å². The van der Waals surface area contributed by atoms with Gasteiger partial charge in [0, 0.05) is 16.6 Å². The summed E-state index contributed by atoms with van der Waals surface area (Å²) in [4.78, 5) is 10.3. The summed E-state index contributed by atoms with van der Waals surface area (Å²) in [6, 6.07) is 17.4. The predicted molar refractivity (Wildman–Crippen MR) is 118 cm³/mol. The molecule has 0 fully saturated rings. The van der Waals surface area contributed by atoms with Crippen LogP contribution in [0.3, 0.4) is 0 Å². The van der Waals surface area contributed by atoms with Gasteiger partial charge in [0.05, 0.1) is 23.7 Å². The Balaban J connectivity index is 1.85. The summed E-state index contributed by atoms with van der Waals surface area (Å²) >= 11 is 3.47. The zero-order valence-electron chi connectivity index (χ0n) is 16.3. The Morgan fingerprint density at radius 1 is 1.19 bits per heavy atom. The maximum Gasteiger partial charge on any atom is 0.269 e. The molecule has 0 aromatic heterocycles. The first kappa shape index (κ1) is 22.0. The average Bonchev–Trinajstić information content (AvgIpc) is 2.77. The topological polar surface area (TPSA) is 85.4 Å². The van der Waals surface area contributed by atoms with Crippen LogP contribution in [0.4, 0.5) is 10.1 Å². The van der Waals surface area contributed by atoms with E-state index in [4.69, 9.17) is 9.47 Å². The van der Waals surface area contributed by atoms with Crippen molar-refractivity contribution in [1.29, 1.82) is 5.26 Å². The molecule has 0 bridgehead atoms. The number of hydrogen-bond acceptors (Lipinski definition) is 5. The lowest BCUT2D eigenvalue weighted by molar-refractivity contribution is -0.384. The quantitative estimate of drug-likeness (QED) is 0.174. The molecule has 0 aliphatic rings. The van der Waals surface area contributed by atoms with E-state index in [1.54, 1.807) is 42.5 Å². The summed E-state index contributed by atoms with van der Waals surface area (Å²) in [5.74, 6) is 0.465. The van der Waals surface area contributed by atoms with E-state index in [1.807, 2.05) is 0 Å². The number of methoxy groups -OCH3 is 1. The molecule has 0 amide bonds. The van der Waals surface area contributed by atoms with Crippen LogP contribution in [0.25, 0.3) is 11.6 Å². The largest absolute Gasteiger partial charge is 0.493 e. The standard InChI is InChI=1S/C23H16BrFN2O4/c1-30-22-11-17(9-18(13-26)16-3-2-4-19(25)10-16)21(24)12-23(22)31-14-15-5-7-20(8-6-15)27(28)29/h2-12H,14H2,1H3/b18-9-. The molecule has 0 spiro atoms. The highest BCUT2D eigenvalue weighted by Crippen LogP contribution is 2.36. The van der Waals surface area contributed by atoms with Gasteiger partial charge in [-0.2, -0.15) is 5.26 Å². The molecule has 3 aromatic rings. The summed E-state index contributed by atoms with van der Waals surface area (Å²) in [5, 5.41) is 20.3. The number of rotatable bonds is 7. The van der Waals surface area contributed by atoms with Gasteiger partial charge in [-0.05, 0) is 59.2 Å². The molecule has 0 saturated carbocycles. The Bertz CT molecular complexity index is 1190. The molecule has 0 saturated heterocycles. The highest BCUT2D eigenvalue weighted by Gasteiger charge is 2.12. The lowest BCUT2D eigenvalue weighted by atomic mass is 10.0. The van der Waals surface area contributed by atoms with Crippen molar-refractivity contribution in [3.05, 3.63) is 97.8 Å². The first-order chi connectivity index (χ1) is 14.9. The highest BCUT2D eigenvalue weighted by atomic mass is 79.9. The van der Waals surface area contributed by atoms with E-state index in [1.165, 1.54) is 31.4 Å². The van der Waals surface area contributed by atoms with Crippen LogP contribution in [-0.2, 0) is 6.61 Å². The van der Waals surface area contributed by atoms with Gasteiger partial charge in [-0.1, -0.05) is 28.1 Å². The van der Waals surface area contributed by atoms with Gasteiger partial charge in [-0.3, -0.25) is 10.1 Å². The SMILES string of the molecule is COc1cc(/C=C(/C#N)c2cccc(F)c2)c(Br)cc1OCc1ccc([N+](=O)[O-])cc1. The second-order valence-corrected chi connectivity index (χ2v) is 7.27. The first-order valence-electron chi connectivity index (χ1n) is 9.02. The van der Waals surface area contributed by atoms with Gasteiger partial charge < -0.3 is 9.47 Å². The van der Waals surface area contributed by atoms with Crippen LogP contribution in [0.15, 0.2) is 65.1 Å². The molecule has 6 nitrogen and oxygen atoms in total. The fraction of sp³-hybridized carbons (Fsp3) is 0.0870. The molecular weight excluding hydrogens is 467 g/mol. The highest BCUT2D eigenvalue weighted by molar-refractivity contribution is 9.10. The summed E-state index contributed by atoms with van der Waals surface area (Å²) in [7, 11) is 1.49. The maximum atomic E-state index is 13.5. The number of non-ortho nitro benzene ring substituents is 1. The van der Waals surface area contributed by atoms with Gasteiger partial charge in [0.15, 0.2) is 11.5 Å². The first-order valence-corrected chi connectivity index (χ1v) is 9.82. The molecule has 0 aliphatic carbocycles. The van der Waals surface area contributed by atoms with E-state index < -0.39 is 10.7 Å². The van der Waals surface area contributed by atoms with Gasteiger partial charge in [0.2, 0.25) is 0 Å². The van der Waals surface area contributed by atoms with Crippen molar-refractivity contribution in [2.45, 2.75) is 6.61 Å². The van der Waals surface area contributed by atoms with Crippen molar-refractivity contribution in [2.24, 2.45) is 0 Å². The molecule has 156 valence electrons. The number of hydrogen-bond donors (Lipinski definition) is 0. The van der Waals surface area contributed by atoms with E-state index >= 15 is 0 Å². The lowest BCUT2D eigenvalue weighted by Gasteiger charge is -2.13. The third-order valence-electron chi connectivity index (χ3n) is 4.38. The molecule has 31 heavy (non-hydrogen) atoms. The minimum Gasteiger partial charge on any atom is -0.493 e. The Labute approximate surface area is 186 Å². The monoisotopic (exact) mass is 482 g/mol.